The van der Waals surface area contributed by atoms with Crippen molar-refractivity contribution >= 4 is 35.0 Å². The molecule has 10 nitrogen and oxygen atoms in total. The molecule has 0 unspecified atom stereocenters. The number of esters is 1. The average Bonchev–Trinajstić information content (AvgIpc) is 3.14. The highest BCUT2D eigenvalue weighted by atomic mass is 32.2. The molecule has 2 aromatic rings. The number of nitrogens with zero attached hydrogens (tertiary/aromatic N) is 4. The van der Waals surface area contributed by atoms with E-state index in [-0.39, 0.29) is 23.9 Å². The van der Waals surface area contributed by atoms with Crippen molar-refractivity contribution in [2.45, 2.75) is 51.3 Å². The molecule has 3 heterocycles. The fraction of sp³-hybridized carbons (Fsp3) is 0.650. The first-order valence-corrected chi connectivity index (χ1v) is 16.2. The predicted octanol–water partition coefficient (Wildman–Crippen LogP) is 1.89. The Balaban J connectivity index is 1.92. The van der Waals surface area contributed by atoms with Gasteiger partial charge in [0.1, 0.15) is 12.3 Å². The van der Waals surface area contributed by atoms with Crippen molar-refractivity contribution in [1.82, 2.24) is 18.7 Å². The number of aromatic nitrogens is 3. The molecule has 1 aliphatic heterocycles. The van der Waals surface area contributed by atoms with Gasteiger partial charge in [-0.3, -0.25) is 4.79 Å². The second-order valence-electron chi connectivity index (χ2n) is 9.39. The molecule has 0 aliphatic carbocycles. The lowest BCUT2D eigenvalue weighted by molar-refractivity contribution is 0.0598. The van der Waals surface area contributed by atoms with Crippen molar-refractivity contribution in [2.75, 3.05) is 33.1 Å². The van der Waals surface area contributed by atoms with Gasteiger partial charge in [-0.2, -0.15) is 5.10 Å². The first kappa shape index (κ1) is 24.6. The van der Waals surface area contributed by atoms with Gasteiger partial charge < -0.3 is 14.0 Å². The third kappa shape index (κ3) is 5.48. The van der Waals surface area contributed by atoms with Gasteiger partial charge in [-0.1, -0.05) is 19.6 Å². The third-order valence-corrected chi connectivity index (χ3v) is 8.74. The van der Waals surface area contributed by atoms with Gasteiger partial charge in [-0.15, -0.1) is 0 Å². The monoisotopic (exact) mass is 484 g/mol. The van der Waals surface area contributed by atoms with E-state index in [9.17, 15) is 18.0 Å². The van der Waals surface area contributed by atoms with E-state index in [0.717, 1.165) is 6.04 Å². The number of hydrogen-bond donors (Lipinski definition) is 0. The zero-order chi connectivity index (χ0) is 23.7. The number of carbonyl (C=O) groups excluding carboxylic acids is 1. The second kappa shape index (κ2) is 9.46. The van der Waals surface area contributed by atoms with Crippen molar-refractivity contribution in [3.8, 4) is 0 Å². The number of ether oxygens (including phenoxy) is 2. The second-order valence-corrected chi connectivity index (χ2v) is 17.0. The molecular weight excluding hydrogens is 452 g/mol. The molecule has 3 rings (SSSR count). The predicted molar refractivity (Wildman–Crippen MR) is 124 cm³/mol. The number of rotatable bonds is 8. The molecule has 2 aromatic heterocycles. The summed E-state index contributed by atoms with van der Waals surface area (Å²) in [5.74, 6) is -0.568. The summed E-state index contributed by atoms with van der Waals surface area (Å²) >= 11 is 0. The Hall–Kier alpha value is -2.02. The summed E-state index contributed by atoms with van der Waals surface area (Å²) in [6, 6.07) is 0.777. The van der Waals surface area contributed by atoms with Gasteiger partial charge in [0.05, 0.1) is 30.5 Å². The van der Waals surface area contributed by atoms with Crippen LogP contribution in [0.15, 0.2) is 17.2 Å². The van der Waals surface area contributed by atoms with E-state index in [1.165, 1.54) is 39.3 Å². The molecule has 0 atom stereocenters. The molecule has 1 aliphatic rings. The van der Waals surface area contributed by atoms with E-state index < -0.39 is 24.1 Å². The summed E-state index contributed by atoms with van der Waals surface area (Å²) in [4.78, 5) is 25.8. The number of fused-ring (bicyclic) bond motifs is 1. The Morgan fingerprint density at radius 1 is 1.25 bits per heavy atom. The van der Waals surface area contributed by atoms with Crippen molar-refractivity contribution in [1.29, 1.82) is 0 Å². The smallest absolute Gasteiger partial charge is 0.341 e. The first-order chi connectivity index (χ1) is 14.9. The fourth-order valence-electron chi connectivity index (χ4n) is 3.83. The molecule has 1 fully saturated rings. The number of methoxy groups -OCH3 is 1. The Kier molecular flexibility index (Phi) is 7.27. The van der Waals surface area contributed by atoms with Gasteiger partial charge in [0.25, 0.3) is 5.56 Å². The van der Waals surface area contributed by atoms with Gasteiger partial charge in [0.2, 0.25) is 10.0 Å². The van der Waals surface area contributed by atoms with E-state index in [2.05, 4.69) is 24.7 Å². The van der Waals surface area contributed by atoms with Crippen LogP contribution < -0.4 is 5.56 Å². The van der Waals surface area contributed by atoms with Gasteiger partial charge in [0.15, 0.2) is 0 Å². The fourth-order valence-corrected chi connectivity index (χ4v) is 5.46. The molecule has 0 N–H and O–H groups in total. The molecule has 0 spiro atoms. The maximum Gasteiger partial charge on any atom is 0.341 e. The molecular formula is C20H32N4O6SSi. The summed E-state index contributed by atoms with van der Waals surface area (Å²) < 4.78 is 38.8. The summed E-state index contributed by atoms with van der Waals surface area (Å²) in [7, 11) is -3.22. The van der Waals surface area contributed by atoms with Crippen LogP contribution in [0.25, 0.3) is 10.9 Å². The van der Waals surface area contributed by atoms with Crippen LogP contribution in [-0.2, 0) is 26.2 Å². The number of piperidine rings is 1. The number of carbonyl (C=O) groups is 1. The highest BCUT2D eigenvalue weighted by Gasteiger charge is 2.28. The highest BCUT2D eigenvalue weighted by Crippen LogP contribution is 2.25. The van der Waals surface area contributed by atoms with E-state index in [1.54, 1.807) is 0 Å². The van der Waals surface area contributed by atoms with Crippen LogP contribution in [0, 0.1) is 0 Å². The SMILES string of the molecule is COC(=O)c1cn(C2CCN(S(C)(=O)=O)CC2)c(=O)c2cnn(COCC[Si](C)(C)C)c12. The van der Waals surface area contributed by atoms with Crippen LogP contribution >= 0.6 is 0 Å². The van der Waals surface area contributed by atoms with Crippen LogP contribution in [-0.4, -0.2) is 74.2 Å². The van der Waals surface area contributed by atoms with Gasteiger partial charge in [-0.25, -0.2) is 22.2 Å². The molecule has 0 aromatic carbocycles. The Labute approximate surface area is 189 Å². The summed E-state index contributed by atoms with van der Waals surface area (Å²) in [6.07, 6.45) is 5.10. The van der Waals surface area contributed by atoms with E-state index in [0.29, 0.717) is 43.4 Å². The minimum Gasteiger partial charge on any atom is -0.465 e. The molecule has 0 radical (unpaired) electrons. The van der Waals surface area contributed by atoms with Gasteiger partial charge in [-0.05, 0) is 18.9 Å². The van der Waals surface area contributed by atoms with E-state index in [4.69, 9.17) is 9.47 Å². The normalized spacial score (nSPS) is 16.5. The molecule has 0 bridgehead atoms. The molecule has 0 amide bonds. The maximum absolute atomic E-state index is 13.2. The van der Waals surface area contributed by atoms with Crippen molar-refractivity contribution in [3.63, 3.8) is 0 Å². The Morgan fingerprint density at radius 2 is 1.91 bits per heavy atom. The largest absolute Gasteiger partial charge is 0.465 e. The van der Waals surface area contributed by atoms with Crippen LogP contribution in [0.4, 0.5) is 0 Å². The van der Waals surface area contributed by atoms with Crippen molar-refractivity contribution in [3.05, 3.63) is 28.3 Å². The zero-order valence-electron chi connectivity index (χ0n) is 19.3. The lowest BCUT2D eigenvalue weighted by Crippen LogP contribution is -2.40. The molecule has 12 heteroatoms. The molecule has 0 saturated carbocycles. The summed E-state index contributed by atoms with van der Waals surface area (Å²) in [5, 5.41) is 4.60. The minimum absolute atomic E-state index is 0.133. The Morgan fingerprint density at radius 3 is 2.47 bits per heavy atom. The van der Waals surface area contributed by atoms with Crippen LogP contribution in [0.5, 0.6) is 0 Å². The van der Waals surface area contributed by atoms with E-state index >= 15 is 0 Å². The number of pyridine rings is 1. The van der Waals surface area contributed by atoms with Crippen LogP contribution in [0.2, 0.25) is 25.7 Å². The van der Waals surface area contributed by atoms with Gasteiger partial charge in [0, 0.05) is 40.0 Å². The molecule has 1 saturated heterocycles. The summed E-state index contributed by atoms with van der Waals surface area (Å²) in [6.45, 7) is 8.15. The van der Waals surface area contributed by atoms with Gasteiger partial charge >= 0.3 is 5.97 Å². The van der Waals surface area contributed by atoms with Crippen LogP contribution in [0.1, 0.15) is 29.2 Å². The first-order valence-electron chi connectivity index (χ1n) is 10.6. The molecule has 178 valence electrons. The van der Waals surface area contributed by atoms with Crippen molar-refractivity contribution < 1.29 is 22.7 Å². The maximum atomic E-state index is 13.2. The number of sulfonamides is 1. The minimum atomic E-state index is -3.27. The number of hydrogen-bond acceptors (Lipinski definition) is 7. The topological polar surface area (TPSA) is 113 Å². The van der Waals surface area contributed by atoms with Crippen molar-refractivity contribution in [2.24, 2.45) is 0 Å². The lowest BCUT2D eigenvalue weighted by atomic mass is 10.1. The zero-order valence-corrected chi connectivity index (χ0v) is 21.1. The third-order valence-electron chi connectivity index (χ3n) is 5.73. The summed E-state index contributed by atoms with van der Waals surface area (Å²) in [5.41, 5.74) is 0.359. The molecule has 32 heavy (non-hydrogen) atoms. The standard InChI is InChI=1S/C20H32N4O6SSi/c1-29-20(26)17-13-23(15-6-8-22(9-7-15)31(2,27)28)19(25)16-12-21-24(18(16)17)14-30-10-11-32(3,4)5/h12-13,15H,6-11,14H2,1-5H3. The average molecular weight is 485 g/mol. The van der Waals surface area contributed by atoms with Crippen LogP contribution in [0.3, 0.4) is 0 Å². The lowest BCUT2D eigenvalue weighted by Gasteiger charge is -2.31. The highest BCUT2D eigenvalue weighted by molar-refractivity contribution is 7.88. The van der Waals surface area contributed by atoms with E-state index in [1.807, 2.05) is 0 Å². The quantitative estimate of drug-likeness (QED) is 0.319. The Bertz CT molecular complexity index is 1140.